The number of hydrogen-bond donors (Lipinski definition) is 1. The first-order valence-corrected chi connectivity index (χ1v) is 8.55. The van der Waals surface area contributed by atoms with Gasteiger partial charge in [0, 0.05) is 17.8 Å². The van der Waals surface area contributed by atoms with Gasteiger partial charge in [0.15, 0.2) is 5.96 Å². The van der Waals surface area contributed by atoms with Gasteiger partial charge in [-0.2, -0.15) is 11.8 Å². The van der Waals surface area contributed by atoms with E-state index in [0.29, 0.717) is 10.8 Å². The van der Waals surface area contributed by atoms with E-state index in [4.69, 9.17) is 4.99 Å². The molecule has 4 heteroatoms. The number of aliphatic imine (C=N–C) groups is 1. The first-order valence-electron chi connectivity index (χ1n) is 7.32. The number of rotatable bonds is 3. The Bertz CT molecular complexity index is 332. The van der Waals surface area contributed by atoms with Crippen molar-refractivity contribution in [1.29, 1.82) is 0 Å². The van der Waals surface area contributed by atoms with Crippen LogP contribution in [-0.2, 0) is 0 Å². The summed E-state index contributed by atoms with van der Waals surface area (Å²) < 4.78 is 0.502. The minimum absolute atomic E-state index is 0.502. The second-order valence-corrected chi connectivity index (χ2v) is 7.52. The van der Waals surface area contributed by atoms with Gasteiger partial charge >= 0.3 is 0 Å². The third kappa shape index (κ3) is 2.24. The predicted octanol–water partition coefficient (Wildman–Crippen LogP) is 2.33. The molecule has 1 aliphatic carbocycles. The Morgan fingerprint density at radius 1 is 1.44 bits per heavy atom. The summed E-state index contributed by atoms with van der Waals surface area (Å²) >= 11 is 2.04. The van der Waals surface area contributed by atoms with Crippen molar-refractivity contribution in [3.63, 3.8) is 0 Å². The number of nitrogens with one attached hydrogen (secondary N) is 1. The first kappa shape index (κ1) is 12.6. The molecule has 2 unspecified atom stereocenters. The van der Waals surface area contributed by atoms with Crippen molar-refractivity contribution < 1.29 is 0 Å². The highest BCUT2D eigenvalue weighted by atomic mass is 32.2. The average Bonchev–Trinajstić information content (AvgIpc) is 2.71. The van der Waals surface area contributed by atoms with Crippen molar-refractivity contribution in [3.8, 4) is 0 Å². The number of guanidine groups is 1. The van der Waals surface area contributed by atoms with Crippen LogP contribution in [0, 0.1) is 5.92 Å². The zero-order chi connectivity index (χ0) is 12.6. The van der Waals surface area contributed by atoms with Gasteiger partial charge in [-0.1, -0.05) is 13.3 Å². The van der Waals surface area contributed by atoms with Crippen molar-refractivity contribution in [1.82, 2.24) is 10.2 Å². The summed E-state index contributed by atoms with van der Waals surface area (Å²) in [6, 6.07) is 0.690. The molecule has 1 N–H and O–H groups in total. The van der Waals surface area contributed by atoms with E-state index in [0.717, 1.165) is 19.0 Å². The lowest BCUT2D eigenvalue weighted by molar-refractivity contribution is 0.209. The Morgan fingerprint density at radius 2 is 2.28 bits per heavy atom. The molecule has 18 heavy (non-hydrogen) atoms. The molecule has 0 aromatic rings. The molecule has 3 aliphatic rings. The summed E-state index contributed by atoms with van der Waals surface area (Å²) in [5.74, 6) is 2.01. The van der Waals surface area contributed by atoms with E-state index in [2.05, 4.69) is 23.4 Å². The van der Waals surface area contributed by atoms with Crippen LogP contribution in [0.25, 0.3) is 0 Å². The third-order valence-electron chi connectivity index (χ3n) is 4.93. The van der Waals surface area contributed by atoms with Crippen LogP contribution in [0.4, 0.5) is 0 Å². The summed E-state index contributed by atoms with van der Waals surface area (Å²) in [5, 5.41) is 3.65. The fourth-order valence-electron chi connectivity index (χ4n) is 3.36. The van der Waals surface area contributed by atoms with Crippen molar-refractivity contribution in [3.05, 3.63) is 0 Å². The van der Waals surface area contributed by atoms with Gasteiger partial charge in [-0.15, -0.1) is 0 Å². The molecule has 102 valence electrons. The maximum atomic E-state index is 4.73. The highest BCUT2D eigenvalue weighted by molar-refractivity contribution is 8.00. The largest absolute Gasteiger partial charge is 0.355 e. The van der Waals surface area contributed by atoms with Crippen LogP contribution in [0.1, 0.15) is 39.0 Å². The van der Waals surface area contributed by atoms with Crippen LogP contribution >= 0.6 is 11.8 Å². The van der Waals surface area contributed by atoms with Crippen molar-refractivity contribution in [2.24, 2.45) is 10.9 Å². The normalized spacial score (nSPS) is 33.7. The Morgan fingerprint density at radius 3 is 2.94 bits per heavy atom. The highest BCUT2D eigenvalue weighted by Gasteiger charge is 2.38. The Labute approximate surface area is 115 Å². The summed E-state index contributed by atoms with van der Waals surface area (Å²) in [5.41, 5.74) is 0. The lowest BCUT2D eigenvalue weighted by Crippen LogP contribution is -2.52. The van der Waals surface area contributed by atoms with Crippen molar-refractivity contribution in [2.75, 3.05) is 25.9 Å². The lowest BCUT2D eigenvalue weighted by Gasteiger charge is -2.42. The molecule has 2 fully saturated rings. The summed E-state index contributed by atoms with van der Waals surface area (Å²) in [6.07, 6.45) is 9.09. The molecule has 0 bridgehead atoms. The minimum atomic E-state index is 0.502. The smallest absolute Gasteiger partial charge is 0.194 e. The molecule has 3 rings (SSSR count). The molecule has 1 saturated heterocycles. The van der Waals surface area contributed by atoms with Crippen LogP contribution in [0.3, 0.4) is 0 Å². The Hall–Kier alpha value is -0.380. The zero-order valence-electron chi connectivity index (χ0n) is 11.6. The highest BCUT2D eigenvalue weighted by Crippen LogP contribution is 2.42. The van der Waals surface area contributed by atoms with E-state index in [1.54, 1.807) is 0 Å². The van der Waals surface area contributed by atoms with Crippen molar-refractivity contribution >= 4 is 17.7 Å². The molecular formula is C14H25N3S. The minimum Gasteiger partial charge on any atom is -0.355 e. The monoisotopic (exact) mass is 267 g/mol. The number of hydrogen-bond acceptors (Lipinski definition) is 4. The molecule has 2 heterocycles. The molecule has 0 amide bonds. The Balaban J connectivity index is 1.56. The topological polar surface area (TPSA) is 27.6 Å². The molecule has 1 saturated carbocycles. The predicted molar refractivity (Wildman–Crippen MR) is 79.3 cm³/mol. The molecule has 0 aromatic heterocycles. The second kappa shape index (κ2) is 4.95. The van der Waals surface area contributed by atoms with Gasteiger partial charge < -0.3 is 10.2 Å². The van der Waals surface area contributed by atoms with Crippen LogP contribution in [0.5, 0.6) is 0 Å². The van der Waals surface area contributed by atoms with E-state index in [-0.39, 0.29) is 0 Å². The van der Waals surface area contributed by atoms with Gasteiger partial charge in [0.05, 0.1) is 12.6 Å². The van der Waals surface area contributed by atoms with E-state index >= 15 is 0 Å². The summed E-state index contributed by atoms with van der Waals surface area (Å²) in [7, 11) is 0. The van der Waals surface area contributed by atoms with Gasteiger partial charge in [0.2, 0.25) is 0 Å². The molecule has 0 aromatic carbocycles. The number of piperidine rings is 1. The van der Waals surface area contributed by atoms with Gasteiger partial charge in [0.1, 0.15) is 0 Å². The van der Waals surface area contributed by atoms with Gasteiger partial charge in [-0.3, -0.25) is 4.99 Å². The molecule has 0 spiro atoms. The standard InChI is InChI=1S/C14H25N3S/c1-11-4-5-12-8-15-13(17(12)9-11)16-10-14(18-2)6-3-7-14/h11-12H,3-10H2,1-2H3,(H,15,16). The summed E-state index contributed by atoms with van der Waals surface area (Å²) in [4.78, 5) is 7.26. The quantitative estimate of drug-likeness (QED) is 0.850. The fourth-order valence-corrected chi connectivity index (χ4v) is 4.28. The fraction of sp³-hybridized carbons (Fsp3) is 0.929. The third-order valence-corrected chi connectivity index (χ3v) is 6.35. The van der Waals surface area contributed by atoms with E-state index < -0.39 is 0 Å². The molecular weight excluding hydrogens is 242 g/mol. The van der Waals surface area contributed by atoms with Crippen LogP contribution in [0.2, 0.25) is 0 Å². The van der Waals surface area contributed by atoms with Crippen molar-refractivity contribution in [2.45, 2.75) is 49.8 Å². The van der Waals surface area contributed by atoms with Gasteiger partial charge in [-0.25, -0.2) is 0 Å². The van der Waals surface area contributed by atoms with Crippen LogP contribution in [-0.4, -0.2) is 47.5 Å². The summed E-state index contributed by atoms with van der Waals surface area (Å²) in [6.45, 7) is 5.68. The van der Waals surface area contributed by atoms with Crippen LogP contribution < -0.4 is 5.32 Å². The van der Waals surface area contributed by atoms with Gasteiger partial charge in [0.25, 0.3) is 0 Å². The lowest BCUT2D eigenvalue weighted by atomic mass is 9.84. The molecule has 3 nitrogen and oxygen atoms in total. The number of fused-ring (bicyclic) bond motifs is 1. The van der Waals surface area contributed by atoms with E-state index in [1.165, 1.54) is 44.6 Å². The van der Waals surface area contributed by atoms with E-state index in [9.17, 15) is 0 Å². The Kier molecular flexibility index (Phi) is 3.48. The molecule has 2 atom stereocenters. The SMILES string of the molecule is CSC1(CNC2=NCC3CCC(C)CN23)CCC1. The zero-order valence-corrected chi connectivity index (χ0v) is 12.4. The van der Waals surface area contributed by atoms with Gasteiger partial charge in [-0.05, 0) is 37.9 Å². The first-order chi connectivity index (χ1) is 8.72. The molecule has 0 radical (unpaired) electrons. The van der Waals surface area contributed by atoms with E-state index in [1.807, 2.05) is 11.8 Å². The second-order valence-electron chi connectivity index (χ2n) is 6.25. The maximum Gasteiger partial charge on any atom is 0.194 e. The molecule has 2 aliphatic heterocycles. The average molecular weight is 267 g/mol. The number of nitrogens with zero attached hydrogens (tertiary/aromatic N) is 2. The van der Waals surface area contributed by atoms with Crippen LogP contribution in [0.15, 0.2) is 4.99 Å². The maximum absolute atomic E-state index is 4.73. The number of thioether (sulfide) groups is 1.